The number of urea groups is 1. The predicted octanol–water partition coefficient (Wildman–Crippen LogP) is 1.87. The van der Waals surface area contributed by atoms with Gasteiger partial charge in [-0.15, -0.1) is 0 Å². The number of imide groups is 1. The summed E-state index contributed by atoms with van der Waals surface area (Å²) in [5.41, 5.74) is 6.89. The van der Waals surface area contributed by atoms with Crippen LogP contribution in [0.1, 0.15) is 29.0 Å². The van der Waals surface area contributed by atoms with Gasteiger partial charge in [-0.25, -0.2) is 4.79 Å². The van der Waals surface area contributed by atoms with Crippen LogP contribution < -0.4 is 16.4 Å². The van der Waals surface area contributed by atoms with Gasteiger partial charge in [-0.2, -0.15) is 0 Å². The summed E-state index contributed by atoms with van der Waals surface area (Å²) in [6.07, 6.45) is 1.60. The van der Waals surface area contributed by atoms with Crippen molar-refractivity contribution in [1.82, 2.24) is 5.32 Å². The number of carbonyl (C=O) groups is 2. The standard InChI is InChI=1S/C20H19N3O3/c21-20(25)23-19(24)18(15-10-5-2-6-11-15)22-17(16-12-7-13-26-16)14-8-3-1-4-9-14/h1-13,17-18,22H,(H3,21,23,24,25)/p+1/t17-,18-/m0/s1. The maximum absolute atomic E-state index is 12.6. The summed E-state index contributed by atoms with van der Waals surface area (Å²) in [4.78, 5) is 23.8. The van der Waals surface area contributed by atoms with E-state index in [1.165, 1.54) is 0 Å². The number of nitrogens with one attached hydrogen (secondary N) is 1. The van der Waals surface area contributed by atoms with Gasteiger partial charge < -0.3 is 15.5 Å². The lowest BCUT2D eigenvalue weighted by Crippen LogP contribution is -2.88. The molecule has 3 rings (SSSR count). The molecule has 1 aromatic heterocycles. The van der Waals surface area contributed by atoms with Crippen LogP contribution in [0.15, 0.2) is 83.5 Å². The number of carbonyl (C=O) groups excluding carboxylic acids is 2. The Balaban J connectivity index is 1.97. The van der Waals surface area contributed by atoms with Crippen LogP contribution in [0, 0.1) is 0 Å². The highest BCUT2D eigenvalue weighted by atomic mass is 16.3. The minimum atomic E-state index is -0.876. The Morgan fingerprint density at radius 2 is 1.50 bits per heavy atom. The highest BCUT2D eigenvalue weighted by Gasteiger charge is 2.31. The largest absolute Gasteiger partial charge is 0.463 e. The van der Waals surface area contributed by atoms with Gasteiger partial charge in [-0.1, -0.05) is 60.7 Å². The smallest absolute Gasteiger partial charge is 0.319 e. The molecule has 0 bridgehead atoms. The molecule has 3 amide bonds. The van der Waals surface area contributed by atoms with Crippen molar-refractivity contribution in [3.8, 4) is 0 Å². The van der Waals surface area contributed by atoms with E-state index >= 15 is 0 Å². The lowest BCUT2D eigenvalue weighted by Gasteiger charge is -2.21. The van der Waals surface area contributed by atoms with Crippen molar-refractivity contribution in [3.63, 3.8) is 0 Å². The zero-order chi connectivity index (χ0) is 18.4. The first kappa shape index (κ1) is 17.4. The SMILES string of the molecule is NC(=O)NC(=O)[C@@H]([NH2+][C@@H](c1ccccc1)c1ccco1)c1ccccc1. The van der Waals surface area contributed by atoms with Gasteiger partial charge >= 0.3 is 6.03 Å². The van der Waals surface area contributed by atoms with Crippen molar-refractivity contribution >= 4 is 11.9 Å². The van der Waals surface area contributed by atoms with E-state index in [0.29, 0.717) is 5.76 Å². The first-order chi connectivity index (χ1) is 12.6. The summed E-state index contributed by atoms with van der Waals surface area (Å²) >= 11 is 0. The molecule has 0 spiro atoms. The Bertz CT molecular complexity index is 849. The van der Waals surface area contributed by atoms with Crippen molar-refractivity contribution in [1.29, 1.82) is 0 Å². The molecule has 6 heteroatoms. The molecule has 0 fully saturated rings. The van der Waals surface area contributed by atoms with Gasteiger partial charge in [0.25, 0.3) is 5.91 Å². The Labute approximate surface area is 151 Å². The second-order valence-electron chi connectivity index (χ2n) is 5.84. The van der Waals surface area contributed by atoms with E-state index < -0.39 is 18.0 Å². The molecule has 3 aromatic rings. The topological polar surface area (TPSA) is 102 Å². The Kier molecular flexibility index (Phi) is 5.46. The maximum Gasteiger partial charge on any atom is 0.319 e. The summed E-state index contributed by atoms with van der Waals surface area (Å²) in [5, 5.41) is 4.04. The second-order valence-corrected chi connectivity index (χ2v) is 5.84. The van der Waals surface area contributed by atoms with E-state index in [9.17, 15) is 9.59 Å². The number of amides is 3. The molecular weight excluding hydrogens is 330 g/mol. The fraction of sp³-hybridized carbons (Fsp3) is 0.100. The number of rotatable bonds is 6. The third-order valence-corrected chi connectivity index (χ3v) is 4.08. The van der Waals surface area contributed by atoms with Crippen molar-refractivity contribution in [2.24, 2.45) is 5.73 Å². The summed E-state index contributed by atoms with van der Waals surface area (Å²) in [6, 6.07) is 20.8. The summed E-state index contributed by atoms with van der Waals surface area (Å²) in [6.45, 7) is 0. The average molecular weight is 350 g/mol. The Morgan fingerprint density at radius 1 is 0.885 bits per heavy atom. The van der Waals surface area contributed by atoms with Crippen LogP contribution in [0.3, 0.4) is 0 Å². The van der Waals surface area contributed by atoms with Gasteiger partial charge in [-0.05, 0) is 12.1 Å². The van der Waals surface area contributed by atoms with Crippen molar-refractivity contribution in [3.05, 3.63) is 95.9 Å². The molecule has 0 saturated heterocycles. The summed E-state index contributed by atoms with van der Waals surface area (Å²) in [5.74, 6) is 0.236. The summed E-state index contributed by atoms with van der Waals surface area (Å²) in [7, 11) is 0. The number of hydrogen-bond acceptors (Lipinski definition) is 3. The molecule has 0 aliphatic heterocycles. The van der Waals surface area contributed by atoms with Gasteiger partial charge in [-0.3, -0.25) is 10.1 Å². The van der Waals surface area contributed by atoms with Crippen LogP contribution >= 0.6 is 0 Å². The minimum Gasteiger partial charge on any atom is -0.463 e. The lowest BCUT2D eigenvalue weighted by atomic mass is 10.00. The van der Waals surface area contributed by atoms with E-state index in [-0.39, 0.29) is 6.04 Å². The molecule has 132 valence electrons. The van der Waals surface area contributed by atoms with Gasteiger partial charge in [0.1, 0.15) is 0 Å². The maximum atomic E-state index is 12.6. The number of furan rings is 1. The molecule has 0 unspecified atom stereocenters. The van der Waals surface area contributed by atoms with Crippen LogP contribution in [-0.4, -0.2) is 11.9 Å². The molecule has 1 heterocycles. The first-order valence-corrected chi connectivity index (χ1v) is 8.23. The van der Waals surface area contributed by atoms with Crippen LogP contribution in [0.2, 0.25) is 0 Å². The third kappa shape index (κ3) is 4.17. The van der Waals surface area contributed by atoms with E-state index in [4.69, 9.17) is 10.2 Å². The normalized spacial score (nSPS) is 12.9. The lowest BCUT2D eigenvalue weighted by molar-refractivity contribution is -0.715. The number of nitrogens with two attached hydrogens (primary N) is 2. The zero-order valence-electron chi connectivity index (χ0n) is 14.0. The van der Waals surface area contributed by atoms with Crippen LogP contribution in [0.4, 0.5) is 4.79 Å². The average Bonchev–Trinajstić information content (AvgIpc) is 3.17. The third-order valence-electron chi connectivity index (χ3n) is 4.08. The van der Waals surface area contributed by atoms with Crippen LogP contribution in [0.25, 0.3) is 0 Å². The molecule has 2 atom stereocenters. The molecule has 6 nitrogen and oxygen atoms in total. The highest BCUT2D eigenvalue weighted by molar-refractivity contribution is 5.96. The number of primary amides is 1. The molecule has 0 saturated carbocycles. The van der Waals surface area contributed by atoms with E-state index in [1.54, 1.807) is 12.3 Å². The number of hydrogen-bond donors (Lipinski definition) is 3. The van der Waals surface area contributed by atoms with Crippen molar-refractivity contribution < 1.29 is 19.3 Å². The predicted molar refractivity (Wildman–Crippen MR) is 95.8 cm³/mol. The van der Waals surface area contributed by atoms with Crippen molar-refractivity contribution in [2.75, 3.05) is 0 Å². The molecule has 0 aliphatic rings. The minimum absolute atomic E-state index is 0.255. The van der Waals surface area contributed by atoms with Gasteiger partial charge in [0.05, 0.1) is 6.26 Å². The van der Waals surface area contributed by atoms with Crippen molar-refractivity contribution in [2.45, 2.75) is 12.1 Å². The fourth-order valence-corrected chi connectivity index (χ4v) is 2.90. The zero-order valence-corrected chi connectivity index (χ0v) is 14.0. The van der Waals surface area contributed by atoms with Gasteiger partial charge in [0.15, 0.2) is 17.8 Å². The van der Waals surface area contributed by atoms with E-state index in [1.807, 2.05) is 72.0 Å². The number of benzene rings is 2. The molecule has 26 heavy (non-hydrogen) atoms. The fourth-order valence-electron chi connectivity index (χ4n) is 2.90. The van der Waals surface area contributed by atoms with Crippen LogP contribution in [-0.2, 0) is 4.79 Å². The number of quaternary nitrogens is 1. The van der Waals surface area contributed by atoms with Crippen LogP contribution in [0.5, 0.6) is 0 Å². The molecular formula is C20H20N3O3+. The molecule has 2 aromatic carbocycles. The molecule has 0 aliphatic carbocycles. The second kappa shape index (κ2) is 8.13. The summed E-state index contributed by atoms with van der Waals surface area (Å²) < 4.78 is 5.59. The van der Waals surface area contributed by atoms with E-state index in [2.05, 4.69) is 5.32 Å². The molecule has 5 N–H and O–H groups in total. The quantitative estimate of drug-likeness (QED) is 0.632. The monoisotopic (exact) mass is 350 g/mol. The van der Waals surface area contributed by atoms with Gasteiger partial charge in [0, 0.05) is 11.1 Å². The first-order valence-electron chi connectivity index (χ1n) is 8.23. The van der Waals surface area contributed by atoms with E-state index in [0.717, 1.165) is 11.1 Å². The molecule has 0 radical (unpaired) electrons. The Morgan fingerprint density at radius 3 is 2.04 bits per heavy atom. The highest BCUT2D eigenvalue weighted by Crippen LogP contribution is 2.20. The van der Waals surface area contributed by atoms with Gasteiger partial charge in [0.2, 0.25) is 0 Å². The Hall–Kier alpha value is -3.38.